The molecule has 0 saturated heterocycles. The van der Waals surface area contributed by atoms with Crippen molar-refractivity contribution in [3.05, 3.63) is 59.4 Å². The topological polar surface area (TPSA) is 61.7 Å². The molecule has 21 heavy (non-hydrogen) atoms. The third-order valence-corrected chi connectivity index (χ3v) is 3.14. The number of aliphatic hydroxyl groups excluding tert-OH is 1. The molecule has 0 bridgehead atoms. The van der Waals surface area contributed by atoms with Gasteiger partial charge in [-0.05, 0) is 35.4 Å². The number of rotatable bonds is 6. The second-order valence-corrected chi connectivity index (χ2v) is 4.71. The minimum atomic E-state index is -0.785. The summed E-state index contributed by atoms with van der Waals surface area (Å²) in [6, 6.07) is 11.0. The van der Waals surface area contributed by atoms with Gasteiger partial charge in [0.05, 0.1) is 13.2 Å². The fourth-order valence-electron chi connectivity index (χ4n) is 2.03. The standard InChI is InChI=1S/C16H18FNO3/c1-21-16-6-5-11(7-14(16)19)9-18-10-15(20)12-3-2-4-13(17)8-12/h2-8,15,18-20H,9-10H2,1H3/t15-/m1/s1. The second kappa shape index (κ2) is 7.06. The largest absolute Gasteiger partial charge is 0.504 e. The summed E-state index contributed by atoms with van der Waals surface area (Å²) in [6.07, 6.45) is -0.785. The van der Waals surface area contributed by atoms with Gasteiger partial charge in [-0.15, -0.1) is 0 Å². The highest BCUT2D eigenvalue weighted by molar-refractivity contribution is 5.41. The summed E-state index contributed by atoms with van der Waals surface area (Å²) in [5, 5.41) is 22.7. The van der Waals surface area contributed by atoms with E-state index < -0.39 is 6.10 Å². The Morgan fingerprint density at radius 3 is 2.71 bits per heavy atom. The molecule has 112 valence electrons. The van der Waals surface area contributed by atoms with Gasteiger partial charge in [0.1, 0.15) is 5.82 Å². The molecule has 0 saturated carbocycles. The van der Waals surface area contributed by atoms with Gasteiger partial charge in [0.2, 0.25) is 0 Å². The van der Waals surface area contributed by atoms with Crippen molar-refractivity contribution in [2.75, 3.05) is 13.7 Å². The monoisotopic (exact) mass is 291 g/mol. The number of phenols is 1. The Morgan fingerprint density at radius 2 is 2.05 bits per heavy atom. The van der Waals surface area contributed by atoms with Gasteiger partial charge in [0.25, 0.3) is 0 Å². The molecule has 0 heterocycles. The zero-order valence-corrected chi connectivity index (χ0v) is 11.7. The van der Waals surface area contributed by atoms with Crippen LogP contribution in [0.1, 0.15) is 17.2 Å². The van der Waals surface area contributed by atoms with E-state index >= 15 is 0 Å². The maximum absolute atomic E-state index is 13.1. The third kappa shape index (κ3) is 4.18. The van der Waals surface area contributed by atoms with Gasteiger partial charge in [-0.1, -0.05) is 18.2 Å². The van der Waals surface area contributed by atoms with E-state index in [4.69, 9.17) is 4.74 Å². The molecule has 0 unspecified atom stereocenters. The molecule has 0 fully saturated rings. The average molecular weight is 291 g/mol. The maximum Gasteiger partial charge on any atom is 0.160 e. The Morgan fingerprint density at radius 1 is 1.24 bits per heavy atom. The highest BCUT2D eigenvalue weighted by Crippen LogP contribution is 2.26. The molecule has 4 nitrogen and oxygen atoms in total. The van der Waals surface area contributed by atoms with E-state index in [1.54, 1.807) is 24.3 Å². The first-order valence-electron chi connectivity index (χ1n) is 6.60. The van der Waals surface area contributed by atoms with Gasteiger partial charge >= 0.3 is 0 Å². The highest BCUT2D eigenvalue weighted by atomic mass is 19.1. The van der Waals surface area contributed by atoms with Crippen LogP contribution in [0.15, 0.2) is 42.5 Å². The van der Waals surface area contributed by atoms with Crippen molar-refractivity contribution in [1.82, 2.24) is 5.32 Å². The second-order valence-electron chi connectivity index (χ2n) is 4.71. The van der Waals surface area contributed by atoms with Gasteiger partial charge in [-0.2, -0.15) is 0 Å². The van der Waals surface area contributed by atoms with E-state index in [2.05, 4.69) is 5.32 Å². The van der Waals surface area contributed by atoms with Crippen LogP contribution in [-0.4, -0.2) is 23.9 Å². The molecule has 2 rings (SSSR count). The van der Waals surface area contributed by atoms with Crippen LogP contribution < -0.4 is 10.1 Å². The molecule has 0 amide bonds. The zero-order valence-electron chi connectivity index (χ0n) is 11.7. The summed E-state index contributed by atoms with van der Waals surface area (Å²) in [6.45, 7) is 0.764. The number of hydrogen-bond acceptors (Lipinski definition) is 4. The van der Waals surface area contributed by atoms with Gasteiger partial charge in [0, 0.05) is 13.1 Å². The van der Waals surface area contributed by atoms with E-state index in [-0.39, 0.29) is 18.1 Å². The van der Waals surface area contributed by atoms with Crippen LogP contribution in [0.25, 0.3) is 0 Å². The van der Waals surface area contributed by atoms with Gasteiger partial charge in [0.15, 0.2) is 11.5 Å². The minimum absolute atomic E-state index is 0.0717. The number of halogens is 1. The van der Waals surface area contributed by atoms with Crippen LogP contribution in [0.4, 0.5) is 4.39 Å². The summed E-state index contributed by atoms with van der Waals surface area (Å²) >= 11 is 0. The molecule has 0 aliphatic carbocycles. The first-order valence-corrected chi connectivity index (χ1v) is 6.60. The molecule has 0 aromatic heterocycles. The van der Waals surface area contributed by atoms with Crippen LogP contribution in [0, 0.1) is 5.82 Å². The molecule has 0 radical (unpaired) electrons. The molecule has 5 heteroatoms. The first kappa shape index (κ1) is 15.3. The Balaban J connectivity index is 1.88. The molecule has 0 spiro atoms. The molecule has 2 aromatic rings. The lowest BCUT2D eigenvalue weighted by molar-refractivity contribution is 0.174. The van der Waals surface area contributed by atoms with Crippen molar-refractivity contribution >= 4 is 0 Å². The Labute approximate surface area is 122 Å². The molecular formula is C16H18FNO3. The summed E-state index contributed by atoms with van der Waals surface area (Å²) in [5.74, 6) is 0.118. The van der Waals surface area contributed by atoms with E-state index in [1.807, 2.05) is 6.07 Å². The number of aromatic hydroxyl groups is 1. The van der Waals surface area contributed by atoms with Crippen molar-refractivity contribution < 1.29 is 19.3 Å². The van der Waals surface area contributed by atoms with E-state index in [0.29, 0.717) is 17.9 Å². The Kier molecular flexibility index (Phi) is 5.14. The van der Waals surface area contributed by atoms with E-state index in [1.165, 1.54) is 19.2 Å². The fraction of sp³-hybridized carbons (Fsp3) is 0.250. The number of benzene rings is 2. The molecule has 0 aliphatic heterocycles. The van der Waals surface area contributed by atoms with Crippen molar-refractivity contribution in [3.8, 4) is 11.5 Å². The smallest absolute Gasteiger partial charge is 0.160 e. The minimum Gasteiger partial charge on any atom is -0.504 e. The maximum atomic E-state index is 13.1. The fourth-order valence-corrected chi connectivity index (χ4v) is 2.03. The summed E-state index contributed by atoms with van der Waals surface area (Å²) in [5.41, 5.74) is 1.39. The predicted octanol–water partition coefficient (Wildman–Crippen LogP) is 2.36. The molecule has 0 aliphatic rings. The lowest BCUT2D eigenvalue weighted by atomic mass is 10.1. The van der Waals surface area contributed by atoms with Gasteiger partial charge < -0.3 is 20.3 Å². The average Bonchev–Trinajstić information content (AvgIpc) is 2.47. The van der Waals surface area contributed by atoms with Gasteiger partial charge in [-0.3, -0.25) is 0 Å². The summed E-state index contributed by atoms with van der Waals surface area (Å²) in [7, 11) is 1.49. The third-order valence-electron chi connectivity index (χ3n) is 3.14. The van der Waals surface area contributed by atoms with Crippen molar-refractivity contribution in [2.24, 2.45) is 0 Å². The lowest BCUT2D eigenvalue weighted by Gasteiger charge is -2.13. The molecule has 1 atom stereocenters. The van der Waals surface area contributed by atoms with Crippen LogP contribution >= 0.6 is 0 Å². The van der Waals surface area contributed by atoms with Crippen molar-refractivity contribution in [1.29, 1.82) is 0 Å². The molecular weight excluding hydrogens is 273 g/mol. The Bertz CT molecular complexity index is 604. The van der Waals surface area contributed by atoms with Gasteiger partial charge in [-0.25, -0.2) is 4.39 Å². The van der Waals surface area contributed by atoms with Crippen LogP contribution in [-0.2, 0) is 6.54 Å². The molecule has 2 aromatic carbocycles. The van der Waals surface area contributed by atoms with Crippen LogP contribution in [0.5, 0.6) is 11.5 Å². The SMILES string of the molecule is COc1ccc(CNC[C@@H](O)c2cccc(F)c2)cc1O. The quantitative estimate of drug-likeness (QED) is 0.764. The normalized spacial score (nSPS) is 12.1. The summed E-state index contributed by atoms with van der Waals surface area (Å²) in [4.78, 5) is 0. The van der Waals surface area contributed by atoms with Crippen molar-refractivity contribution in [2.45, 2.75) is 12.6 Å². The van der Waals surface area contributed by atoms with Crippen molar-refractivity contribution in [3.63, 3.8) is 0 Å². The summed E-state index contributed by atoms with van der Waals surface area (Å²) < 4.78 is 18.0. The number of hydrogen-bond donors (Lipinski definition) is 3. The number of ether oxygens (including phenoxy) is 1. The number of aliphatic hydroxyl groups is 1. The number of methoxy groups -OCH3 is 1. The zero-order chi connectivity index (χ0) is 15.2. The first-order chi connectivity index (χ1) is 10.1. The van der Waals surface area contributed by atoms with E-state index in [9.17, 15) is 14.6 Å². The number of phenolic OH excluding ortho intramolecular Hbond substituents is 1. The number of nitrogens with one attached hydrogen (secondary N) is 1. The van der Waals surface area contributed by atoms with E-state index in [0.717, 1.165) is 5.56 Å². The predicted molar refractivity (Wildman–Crippen MR) is 77.7 cm³/mol. The van der Waals surface area contributed by atoms with Crippen LogP contribution in [0.2, 0.25) is 0 Å². The lowest BCUT2D eigenvalue weighted by Crippen LogP contribution is -2.21. The van der Waals surface area contributed by atoms with Crippen LogP contribution in [0.3, 0.4) is 0 Å². The highest BCUT2D eigenvalue weighted by Gasteiger charge is 2.08. The Hall–Kier alpha value is -2.11. The molecule has 3 N–H and O–H groups in total.